The van der Waals surface area contributed by atoms with Crippen LogP contribution in [0.25, 0.3) is 0 Å². The Morgan fingerprint density at radius 2 is 2.00 bits per heavy atom. The van der Waals surface area contributed by atoms with Gasteiger partial charge in [0.2, 0.25) is 0 Å². The summed E-state index contributed by atoms with van der Waals surface area (Å²) in [5.74, 6) is 0.758. The topological polar surface area (TPSA) is 0 Å². The molecule has 0 saturated carbocycles. The van der Waals surface area contributed by atoms with Gasteiger partial charge in [0.1, 0.15) is 0 Å². The molecule has 0 aliphatic carbocycles. The van der Waals surface area contributed by atoms with Crippen LogP contribution >= 0.6 is 43.5 Å². The van der Waals surface area contributed by atoms with E-state index >= 15 is 0 Å². The molecule has 0 radical (unpaired) electrons. The smallest absolute Gasteiger partial charge is 0.0698 e. The van der Waals surface area contributed by atoms with Crippen LogP contribution in [0.15, 0.2) is 0 Å². The van der Waals surface area contributed by atoms with E-state index in [0.717, 1.165) is 18.7 Å². The molecule has 0 amide bonds. The molecule has 0 unspecified atom stereocenters. The van der Waals surface area contributed by atoms with Crippen molar-refractivity contribution < 1.29 is 0 Å². The molecular weight excluding hydrogens is 243 g/mol. The molecule has 0 aromatic heterocycles. The van der Waals surface area contributed by atoms with E-state index in [1.807, 2.05) is 0 Å². The summed E-state index contributed by atoms with van der Waals surface area (Å²) in [5, 5.41) is 0. The lowest BCUT2D eigenvalue weighted by Gasteiger charge is -1.94. The third-order valence-corrected chi connectivity index (χ3v) is 1.74. The molecule has 0 aliphatic rings. The van der Waals surface area contributed by atoms with Gasteiger partial charge in [-0.25, -0.2) is 0 Å². The zero-order valence-electron chi connectivity index (χ0n) is 3.83. The van der Waals surface area contributed by atoms with Crippen LogP contribution in [-0.4, -0.2) is 9.62 Å². The number of halogens is 3. The van der Waals surface area contributed by atoms with Crippen molar-refractivity contribution in [3.05, 3.63) is 0 Å². The van der Waals surface area contributed by atoms with Gasteiger partial charge >= 0.3 is 0 Å². The van der Waals surface area contributed by atoms with Crippen LogP contribution in [0.3, 0.4) is 0 Å². The molecule has 0 nitrogen and oxygen atoms in total. The summed E-state index contributed by atoms with van der Waals surface area (Å²) in [4.78, 5) is 0. The van der Waals surface area contributed by atoms with E-state index in [4.69, 9.17) is 11.6 Å². The Balaban J connectivity index is 2.68. The highest BCUT2D eigenvalue weighted by Crippen LogP contribution is 2.14. The molecule has 0 N–H and O–H groups in total. The Labute approximate surface area is 65.9 Å². The maximum absolute atomic E-state index is 5.40. The summed E-state index contributed by atoms with van der Waals surface area (Å²) in [6.07, 6.45) is 2.17. The maximum Gasteiger partial charge on any atom is 0.0698 e. The van der Waals surface area contributed by atoms with Crippen molar-refractivity contribution in [1.29, 1.82) is 0 Å². The quantitative estimate of drug-likeness (QED) is 0.675. The minimum Gasteiger partial charge on any atom is -0.127 e. The van der Waals surface area contributed by atoms with Gasteiger partial charge in [-0.1, -0.05) is 31.9 Å². The third-order valence-electron chi connectivity index (χ3n) is 0.556. The second-order valence-corrected chi connectivity index (χ2v) is 5.04. The Kier molecular flexibility index (Phi) is 6.35. The molecule has 44 valence electrons. The van der Waals surface area contributed by atoms with Crippen molar-refractivity contribution in [2.45, 2.75) is 16.6 Å². The fraction of sp³-hybridized carbons (Fsp3) is 1.00. The van der Waals surface area contributed by atoms with Crippen LogP contribution in [0.1, 0.15) is 12.8 Å². The van der Waals surface area contributed by atoms with E-state index < -0.39 is 0 Å². The van der Waals surface area contributed by atoms with Gasteiger partial charge in [0.25, 0.3) is 0 Å². The third kappa shape index (κ3) is 7.25. The van der Waals surface area contributed by atoms with Crippen LogP contribution in [0.5, 0.6) is 0 Å². The maximum atomic E-state index is 5.40. The van der Waals surface area contributed by atoms with E-state index in [9.17, 15) is 0 Å². The van der Waals surface area contributed by atoms with Crippen LogP contribution in [0.4, 0.5) is 0 Å². The second kappa shape index (κ2) is 5.39. The van der Waals surface area contributed by atoms with Gasteiger partial charge in [-0.15, -0.1) is 11.6 Å². The van der Waals surface area contributed by atoms with Crippen molar-refractivity contribution in [3.8, 4) is 0 Å². The minimum absolute atomic E-state index is 0.443. The molecule has 3 heteroatoms. The average molecular weight is 250 g/mol. The zero-order chi connectivity index (χ0) is 5.70. The van der Waals surface area contributed by atoms with Crippen molar-refractivity contribution in [1.82, 2.24) is 0 Å². The number of hydrogen-bond acceptors (Lipinski definition) is 0. The summed E-state index contributed by atoms with van der Waals surface area (Å²) < 4.78 is 0.443. The molecule has 0 atom stereocenters. The molecular formula is C4H7Br2Cl. The Morgan fingerprint density at radius 1 is 1.43 bits per heavy atom. The van der Waals surface area contributed by atoms with Crippen LogP contribution < -0.4 is 0 Å². The second-order valence-electron chi connectivity index (χ2n) is 1.22. The van der Waals surface area contributed by atoms with Crippen LogP contribution in [0, 0.1) is 0 Å². The zero-order valence-corrected chi connectivity index (χ0v) is 7.76. The number of alkyl halides is 3. The highest BCUT2D eigenvalue weighted by Gasteiger charge is 1.93. The van der Waals surface area contributed by atoms with Crippen molar-refractivity contribution in [3.63, 3.8) is 0 Å². The number of hydrogen-bond donors (Lipinski definition) is 0. The fourth-order valence-corrected chi connectivity index (χ4v) is 1.03. The van der Waals surface area contributed by atoms with Crippen LogP contribution in [-0.2, 0) is 0 Å². The van der Waals surface area contributed by atoms with E-state index in [0.29, 0.717) is 3.74 Å². The lowest BCUT2D eigenvalue weighted by Crippen LogP contribution is -1.84. The predicted molar refractivity (Wildman–Crippen MR) is 41.6 cm³/mol. The van der Waals surface area contributed by atoms with Crippen LogP contribution in [0.2, 0.25) is 0 Å². The highest BCUT2D eigenvalue weighted by atomic mass is 79.9. The normalized spacial score (nSPS) is 10.3. The first kappa shape index (κ1) is 8.25. The first-order valence-corrected chi connectivity index (χ1v) is 4.48. The highest BCUT2D eigenvalue weighted by molar-refractivity contribution is 9.24. The van der Waals surface area contributed by atoms with E-state index in [1.165, 1.54) is 0 Å². The lowest BCUT2D eigenvalue weighted by atomic mass is 10.4. The van der Waals surface area contributed by atoms with Gasteiger partial charge in [0, 0.05) is 5.88 Å². The van der Waals surface area contributed by atoms with Gasteiger partial charge in [-0.3, -0.25) is 0 Å². The largest absolute Gasteiger partial charge is 0.127 e. The first-order chi connectivity index (χ1) is 3.27. The lowest BCUT2D eigenvalue weighted by molar-refractivity contribution is 0.889. The molecule has 0 aromatic rings. The molecule has 0 rings (SSSR count). The van der Waals surface area contributed by atoms with Gasteiger partial charge in [-0.05, 0) is 12.8 Å². The molecule has 7 heavy (non-hydrogen) atoms. The van der Waals surface area contributed by atoms with E-state index in [2.05, 4.69) is 31.9 Å². The summed E-state index contributed by atoms with van der Waals surface area (Å²) in [7, 11) is 0. The molecule has 0 aliphatic heterocycles. The van der Waals surface area contributed by atoms with Crippen molar-refractivity contribution in [2.75, 3.05) is 5.88 Å². The minimum atomic E-state index is 0.443. The molecule has 0 spiro atoms. The molecule has 0 saturated heterocycles. The molecule has 0 bridgehead atoms. The Hall–Kier alpha value is 1.25. The molecule has 0 fully saturated rings. The van der Waals surface area contributed by atoms with Crippen molar-refractivity contribution >= 4 is 43.5 Å². The Bertz CT molecular complexity index is 38.7. The summed E-state index contributed by atoms with van der Waals surface area (Å²) in [6.45, 7) is 0. The van der Waals surface area contributed by atoms with Gasteiger partial charge < -0.3 is 0 Å². The SMILES string of the molecule is ClCCCC(Br)Br. The summed E-state index contributed by atoms with van der Waals surface area (Å²) >= 11 is 12.1. The van der Waals surface area contributed by atoms with E-state index in [-0.39, 0.29) is 0 Å². The first-order valence-electron chi connectivity index (χ1n) is 2.11. The summed E-state index contributed by atoms with van der Waals surface area (Å²) in [6, 6.07) is 0. The average Bonchev–Trinajstić information content (AvgIpc) is 1.61. The van der Waals surface area contributed by atoms with Gasteiger partial charge in [-0.2, -0.15) is 0 Å². The van der Waals surface area contributed by atoms with Crippen molar-refractivity contribution in [2.24, 2.45) is 0 Å². The Morgan fingerprint density at radius 3 is 2.14 bits per heavy atom. The van der Waals surface area contributed by atoms with E-state index in [1.54, 1.807) is 0 Å². The van der Waals surface area contributed by atoms with Gasteiger partial charge in [0.15, 0.2) is 0 Å². The summed E-state index contributed by atoms with van der Waals surface area (Å²) in [5.41, 5.74) is 0. The number of rotatable bonds is 3. The molecule has 0 aromatic carbocycles. The predicted octanol–water partition coefficient (Wildman–Crippen LogP) is 3.12. The standard InChI is InChI=1S/C4H7Br2Cl/c5-4(6)2-1-3-7/h4H,1-3H2. The molecule has 0 heterocycles. The monoisotopic (exact) mass is 248 g/mol. The fourth-order valence-electron chi connectivity index (χ4n) is 0.231. The van der Waals surface area contributed by atoms with Gasteiger partial charge in [0.05, 0.1) is 3.74 Å².